The van der Waals surface area contributed by atoms with E-state index in [1.165, 1.54) is 0 Å². The number of furan rings is 1. The number of benzene rings is 1. The predicted octanol–water partition coefficient (Wildman–Crippen LogP) is 3.76. The Labute approximate surface area is 89.9 Å². The van der Waals surface area contributed by atoms with E-state index in [1.807, 2.05) is 49.4 Å². The highest BCUT2D eigenvalue weighted by Gasteiger charge is 2.08. The Morgan fingerprint density at radius 1 is 1.07 bits per heavy atom. The summed E-state index contributed by atoms with van der Waals surface area (Å²) in [6.07, 6.45) is 0. The zero-order valence-electron chi connectivity index (χ0n) is 9.03. The summed E-state index contributed by atoms with van der Waals surface area (Å²) < 4.78 is 5.55. The lowest BCUT2D eigenvalue weighted by Gasteiger charge is -2.12. The Bertz CT molecular complexity index is 419. The number of aryl methyl sites for hydroxylation is 1. The first-order valence-electron chi connectivity index (χ1n) is 5.13. The maximum absolute atomic E-state index is 5.55. The number of para-hydroxylation sites is 1. The van der Waals surface area contributed by atoms with Crippen LogP contribution < -0.4 is 5.32 Å². The predicted molar refractivity (Wildman–Crippen MR) is 61.9 cm³/mol. The van der Waals surface area contributed by atoms with Gasteiger partial charge in [-0.25, -0.2) is 0 Å². The molecule has 0 fully saturated rings. The van der Waals surface area contributed by atoms with Crippen molar-refractivity contribution in [1.82, 2.24) is 0 Å². The molecule has 2 heteroatoms. The number of hydrogen-bond acceptors (Lipinski definition) is 2. The zero-order valence-corrected chi connectivity index (χ0v) is 9.03. The lowest BCUT2D eigenvalue weighted by atomic mass is 10.2. The molecular weight excluding hydrogens is 186 g/mol. The molecule has 15 heavy (non-hydrogen) atoms. The third-order valence-corrected chi connectivity index (χ3v) is 2.34. The molecule has 0 bridgehead atoms. The molecule has 0 unspecified atom stereocenters. The van der Waals surface area contributed by atoms with Gasteiger partial charge in [0, 0.05) is 5.69 Å². The van der Waals surface area contributed by atoms with Crippen molar-refractivity contribution in [2.45, 2.75) is 19.9 Å². The molecule has 0 saturated heterocycles. The molecule has 1 atom stereocenters. The summed E-state index contributed by atoms with van der Waals surface area (Å²) in [5.74, 6) is 1.92. The Balaban J connectivity index is 2.07. The Kier molecular flexibility index (Phi) is 2.77. The van der Waals surface area contributed by atoms with Crippen molar-refractivity contribution in [2.75, 3.05) is 5.32 Å². The maximum Gasteiger partial charge on any atom is 0.126 e. The first-order valence-corrected chi connectivity index (χ1v) is 5.13. The smallest absolute Gasteiger partial charge is 0.126 e. The van der Waals surface area contributed by atoms with Gasteiger partial charge in [0.2, 0.25) is 0 Å². The molecule has 78 valence electrons. The fourth-order valence-electron chi connectivity index (χ4n) is 1.54. The molecular formula is C13H15NO. The van der Waals surface area contributed by atoms with Crippen LogP contribution in [0.2, 0.25) is 0 Å². The highest BCUT2D eigenvalue weighted by Crippen LogP contribution is 2.20. The van der Waals surface area contributed by atoms with Gasteiger partial charge in [0.05, 0.1) is 6.04 Å². The molecule has 0 saturated carbocycles. The summed E-state index contributed by atoms with van der Waals surface area (Å²) in [4.78, 5) is 0. The summed E-state index contributed by atoms with van der Waals surface area (Å²) in [6, 6.07) is 14.3. The molecule has 1 aromatic carbocycles. The van der Waals surface area contributed by atoms with Crippen molar-refractivity contribution >= 4 is 5.69 Å². The molecule has 1 heterocycles. The monoisotopic (exact) mass is 201 g/mol. The van der Waals surface area contributed by atoms with Crippen LogP contribution in [-0.4, -0.2) is 0 Å². The van der Waals surface area contributed by atoms with Crippen molar-refractivity contribution in [3.05, 3.63) is 54.0 Å². The lowest BCUT2D eigenvalue weighted by molar-refractivity contribution is 0.467. The summed E-state index contributed by atoms with van der Waals surface area (Å²) in [5.41, 5.74) is 1.11. The molecule has 0 amide bonds. The first-order chi connectivity index (χ1) is 7.25. The summed E-state index contributed by atoms with van der Waals surface area (Å²) in [5, 5.41) is 3.38. The number of nitrogens with one attached hydrogen (secondary N) is 1. The van der Waals surface area contributed by atoms with Crippen molar-refractivity contribution in [3.8, 4) is 0 Å². The van der Waals surface area contributed by atoms with E-state index in [-0.39, 0.29) is 6.04 Å². The van der Waals surface area contributed by atoms with Crippen LogP contribution in [0, 0.1) is 6.92 Å². The van der Waals surface area contributed by atoms with Crippen LogP contribution in [0.5, 0.6) is 0 Å². The average Bonchev–Trinajstić information content (AvgIpc) is 2.66. The van der Waals surface area contributed by atoms with Gasteiger partial charge in [-0.15, -0.1) is 0 Å². The van der Waals surface area contributed by atoms with Gasteiger partial charge in [0.15, 0.2) is 0 Å². The maximum atomic E-state index is 5.55. The second kappa shape index (κ2) is 4.22. The Morgan fingerprint density at radius 2 is 1.80 bits per heavy atom. The van der Waals surface area contributed by atoms with Crippen molar-refractivity contribution < 1.29 is 4.42 Å². The molecule has 2 nitrogen and oxygen atoms in total. The van der Waals surface area contributed by atoms with Gasteiger partial charge in [0.1, 0.15) is 11.5 Å². The minimum atomic E-state index is 0.195. The third-order valence-electron chi connectivity index (χ3n) is 2.34. The van der Waals surface area contributed by atoms with E-state index in [9.17, 15) is 0 Å². The van der Waals surface area contributed by atoms with E-state index in [0.29, 0.717) is 0 Å². The van der Waals surface area contributed by atoms with Gasteiger partial charge < -0.3 is 9.73 Å². The molecule has 1 aromatic heterocycles. The minimum Gasteiger partial charge on any atom is -0.464 e. The first kappa shape index (κ1) is 9.84. The van der Waals surface area contributed by atoms with Gasteiger partial charge >= 0.3 is 0 Å². The molecule has 0 aliphatic carbocycles. The van der Waals surface area contributed by atoms with Crippen LogP contribution in [-0.2, 0) is 0 Å². The van der Waals surface area contributed by atoms with Gasteiger partial charge in [-0.3, -0.25) is 0 Å². The van der Waals surface area contributed by atoms with E-state index in [0.717, 1.165) is 17.2 Å². The van der Waals surface area contributed by atoms with E-state index < -0.39 is 0 Å². The van der Waals surface area contributed by atoms with Gasteiger partial charge in [-0.05, 0) is 38.1 Å². The SMILES string of the molecule is Cc1ccc([C@@H](C)Nc2ccccc2)o1. The number of anilines is 1. The van der Waals surface area contributed by atoms with Crippen molar-refractivity contribution in [3.63, 3.8) is 0 Å². The van der Waals surface area contributed by atoms with E-state index >= 15 is 0 Å². The molecule has 2 aromatic rings. The molecule has 0 aliphatic rings. The minimum absolute atomic E-state index is 0.195. The van der Waals surface area contributed by atoms with Gasteiger partial charge in [0.25, 0.3) is 0 Å². The highest BCUT2D eigenvalue weighted by molar-refractivity contribution is 5.44. The second-order valence-electron chi connectivity index (χ2n) is 3.68. The van der Waals surface area contributed by atoms with Crippen LogP contribution in [0.3, 0.4) is 0 Å². The number of rotatable bonds is 3. The standard InChI is InChI=1S/C13H15NO/c1-10-8-9-13(15-10)11(2)14-12-6-4-3-5-7-12/h3-9,11,14H,1-2H3/t11-/m1/s1. The fraction of sp³-hybridized carbons (Fsp3) is 0.231. The van der Waals surface area contributed by atoms with Crippen molar-refractivity contribution in [1.29, 1.82) is 0 Å². The quantitative estimate of drug-likeness (QED) is 0.817. The van der Waals surface area contributed by atoms with E-state index in [4.69, 9.17) is 4.42 Å². The molecule has 0 radical (unpaired) electrons. The zero-order chi connectivity index (χ0) is 10.7. The van der Waals surface area contributed by atoms with Gasteiger partial charge in [-0.2, -0.15) is 0 Å². The summed E-state index contributed by atoms with van der Waals surface area (Å²) in [6.45, 7) is 4.05. The van der Waals surface area contributed by atoms with E-state index in [1.54, 1.807) is 0 Å². The fourth-order valence-corrected chi connectivity index (χ4v) is 1.54. The normalized spacial score (nSPS) is 12.4. The highest BCUT2D eigenvalue weighted by atomic mass is 16.3. The Hall–Kier alpha value is -1.70. The van der Waals surface area contributed by atoms with Crippen LogP contribution in [0.4, 0.5) is 5.69 Å². The van der Waals surface area contributed by atoms with E-state index in [2.05, 4.69) is 12.2 Å². The van der Waals surface area contributed by atoms with Crippen LogP contribution in [0.1, 0.15) is 24.5 Å². The molecule has 0 aliphatic heterocycles. The number of hydrogen-bond donors (Lipinski definition) is 1. The molecule has 1 N–H and O–H groups in total. The van der Waals surface area contributed by atoms with Crippen LogP contribution in [0.25, 0.3) is 0 Å². The van der Waals surface area contributed by atoms with Crippen molar-refractivity contribution in [2.24, 2.45) is 0 Å². The molecule has 2 rings (SSSR count). The molecule has 0 spiro atoms. The third kappa shape index (κ3) is 2.40. The summed E-state index contributed by atoms with van der Waals surface area (Å²) >= 11 is 0. The summed E-state index contributed by atoms with van der Waals surface area (Å²) in [7, 11) is 0. The average molecular weight is 201 g/mol. The topological polar surface area (TPSA) is 25.2 Å². The lowest BCUT2D eigenvalue weighted by Crippen LogP contribution is -2.04. The van der Waals surface area contributed by atoms with Crippen LogP contribution >= 0.6 is 0 Å². The van der Waals surface area contributed by atoms with Crippen LogP contribution in [0.15, 0.2) is 46.9 Å². The second-order valence-corrected chi connectivity index (χ2v) is 3.68. The Morgan fingerprint density at radius 3 is 2.40 bits per heavy atom. The largest absolute Gasteiger partial charge is 0.464 e. The van der Waals surface area contributed by atoms with Gasteiger partial charge in [-0.1, -0.05) is 18.2 Å².